The first-order chi connectivity index (χ1) is 8.69. The van der Waals surface area contributed by atoms with Crippen molar-refractivity contribution in [3.8, 4) is 0 Å². The molecule has 0 fully saturated rings. The lowest BCUT2D eigenvalue weighted by Crippen LogP contribution is -2.01. The van der Waals surface area contributed by atoms with Gasteiger partial charge in [-0.3, -0.25) is 0 Å². The van der Waals surface area contributed by atoms with Gasteiger partial charge in [0.1, 0.15) is 5.03 Å². The monoisotopic (exact) mass is 279 g/mol. The Hall–Kier alpha value is -1.33. The Balaban J connectivity index is 2.30. The average Bonchev–Trinajstić information content (AvgIpc) is 2.82. The highest BCUT2D eigenvalue weighted by molar-refractivity contribution is 8.01. The second-order valence-corrected chi connectivity index (χ2v) is 6.04. The first kappa shape index (κ1) is 13.1. The summed E-state index contributed by atoms with van der Waals surface area (Å²) in [7, 11) is 0. The van der Waals surface area contributed by atoms with E-state index in [9.17, 15) is 4.79 Å². The van der Waals surface area contributed by atoms with Crippen molar-refractivity contribution in [3.05, 3.63) is 40.9 Å². The van der Waals surface area contributed by atoms with Crippen molar-refractivity contribution >= 4 is 29.1 Å². The van der Waals surface area contributed by atoms with E-state index in [0.29, 0.717) is 5.56 Å². The first-order valence-corrected chi connectivity index (χ1v) is 7.34. The molecule has 0 radical (unpaired) electrons. The summed E-state index contributed by atoms with van der Waals surface area (Å²) in [4.78, 5) is 15.6. The summed E-state index contributed by atoms with van der Waals surface area (Å²) in [5, 5.41) is 11.8. The van der Waals surface area contributed by atoms with E-state index >= 15 is 0 Å². The normalized spacial score (nSPS) is 10.5. The van der Waals surface area contributed by atoms with E-state index in [2.05, 4.69) is 11.9 Å². The third-order valence-electron chi connectivity index (χ3n) is 2.31. The van der Waals surface area contributed by atoms with Crippen molar-refractivity contribution in [1.29, 1.82) is 0 Å². The molecule has 2 aromatic rings. The largest absolute Gasteiger partial charge is 0.478 e. The number of aromatic nitrogens is 1. The van der Waals surface area contributed by atoms with Crippen molar-refractivity contribution in [2.75, 3.05) is 0 Å². The van der Waals surface area contributed by atoms with Gasteiger partial charge in [-0.15, -0.1) is 11.3 Å². The van der Waals surface area contributed by atoms with Crippen molar-refractivity contribution in [2.45, 2.75) is 29.0 Å². The average molecular weight is 279 g/mol. The molecule has 0 bridgehead atoms. The number of thiophene rings is 1. The molecule has 0 unspecified atom stereocenters. The molecule has 2 heterocycles. The Morgan fingerprint density at radius 2 is 2.33 bits per heavy atom. The summed E-state index contributed by atoms with van der Waals surface area (Å²) in [6, 6.07) is 7.27. The molecule has 2 rings (SSSR count). The first-order valence-electron chi connectivity index (χ1n) is 5.64. The van der Waals surface area contributed by atoms with Gasteiger partial charge in [-0.25, -0.2) is 9.78 Å². The molecule has 0 aliphatic rings. The number of pyridine rings is 1. The predicted octanol–water partition coefficient (Wildman–Crippen LogP) is 3.95. The fourth-order valence-corrected chi connectivity index (χ4v) is 3.31. The molecule has 0 aliphatic carbocycles. The van der Waals surface area contributed by atoms with Crippen LogP contribution in [0.4, 0.5) is 0 Å². The van der Waals surface area contributed by atoms with E-state index < -0.39 is 5.97 Å². The lowest BCUT2D eigenvalue weighted by atomic mass is 10.2. The number of aryl methyl sites for hydroxylation is 1. The van der Waals surface area contributed by atoms with Crippen LogP contribution in [0.1, 0.15) is 29.4 Å². The minimum atomic E-state index is -0.900. The third kappa shape index (κ3) is 3.34. The highest BCUT2D eigenvalue weighted by Gasteiger charge is 2.09. The van der Waals surface area contributed by atoms with Crippen LogP contribution in [-0.4, -0.2) is 16.1 Å². The zero-order valence-corrected chi connectivity index (χ0v) is 11.6. The van der Waals surface area contributed by atoms with Gasteiger partial charge in [0.15, 0.2) is 0 Å². The van der Waals surface area contributed by atoms with Gasteiger partial charge < -0.3 is 5.11 Å². The highest BCUT2D eigenvalue weighted by atomic mass is 32.2. The van der Waals surface area contributed by atoms with Crippen LogP contribution in [0.2, 0.25) is 0 Å². The summed E-state index contributed by atoms with van der Waals surface area (Å²) in [6.07, 6.45) is 1.76. The zero-order chi connectivity index (χ0) is 13.0. The molecule has 0 saturated carbocycles. The zero-order valence-electron chi connectivity index (χ0n) is 9.92. The Bertz CT molecular complexity index is 538. The molecular weight excluding hydrogens is 266 g/mol. The second-order valence-electron chi connectivity index (χ2n) is 3.77. The van der Waals surface area contributed by atoms with Crippen LogP contribution in [0, 0.1) is 0 Å². The topological polar surface area (TPSA) is 50.2 Å². The van der Waals surface area contributed by atoms with Gasteiger partial charge >= 0.3 is 5.97 Å². The molecule has 94 valence electrons. The van der Waals surface area contributed by atoms with Crippen LogP contribution in [0.3, 0.4) is 0 Å². The van der Waals surface area contributed by atoms with Gasteiger partial charge in [0.05, 0.1) is 9.77 Å². The second kappa shape index (κ2) is 6.02. The number of aromatic carboxylic acids is 1. The van der Waals surface area contributed by atoms with Gasteiger partial charge in [0.25, 0.3) is 0 Å². The van der Waals surface area contributed by atoms with Crippen molar-refractivity contribution in [2.24, 2.45) is 0 Å². The lowest BCUT2D eigenvalue weighted by Gasteiger charge is -2.05. The molecule has 2 aromatic heterocycles. The molecule has 18 heavy (non-hydrogen) atoms. The molecule has 3 nitrogen and oxygen atoms in total. The molecular formula is C13H13NO2S2. The number of hydrogen-bond donors (Lipinski definition) is 1. The Kier molecular flexibility index (Phi) is 4.38. The summed E-state index contributed by atoms with van der Waals surface area (Å²) in [5.74, 6) is -0.900. The smallest absolute Gasteiger partial charge is 0.335 e. The minimum absolute atomic E-state index is 0.313. The molecule has 5 heteroatoms. The van der Waals surface area contributed by atoms with Crippen LogP contribution in [0.15, 0.2) is 38.9 Å². The molecule has 0 amide bonds. The van der Waals surface area contributed by atoms with Crippen LogP contribution >= 0.6 is 23.1 Å². The van der Waals surface area contributed by atoms with Crippen molar-refractivity contribution in [1.82, 2.24) is 4.98 Å². The standard InChI is InChI=1S/C13H13NO2S2/c1-2-4-10-7-9(13(15)16)8-11(14-10)18-12-5-3-6-17-12/h3,5-8H,2,4H2,1H3,(H,15,16). The summed E-state index contributed by atoms with van der Waals surface area (Å²) in [5.41, 5.74) is 1.16. The van der Waals surface area contributed by atoms with E-state index in [1.165, 1.54) is 11.8 Å². The summed E-state index contributed by atoms with van der Waals surface area (Å²) < 4.78 is 1.12. The number of carboxylic acids is 1. The molecule has 0 aromatic carbocycles. The maximum Gasteiger partial charge on any atom is 0.335 e. The fraction of sp³-hybridized carbons (Fsp3) is 0.231. The van der Waals surface area contributed by atoms with E-state index in [1.54, 1.807) is 23.5 Å². The van der Waals surface area contributed by atoms with Gasteiger partial charge in [-0.2, -0.15) is 0 Å². The van der Waals surface area contributed by atoms with Crippen LogP contribution in [0.5, 0.6) is 0 Å². The van der Waals surface area contributed by atoms with Crippen LogP contribution in [-0.2, 0) is 6.42 Å². The third-order valence-corrected chi connectivity index (χ3v) is 4.26. The fourth-order valence-electron chi connectivity index (χ4n) is 1.54. The minimum Gasteiger partial charge on any atom is -0.478 e. The van der Waals surface area contributed by atoms with Gasteiger partial charge in [0.2, 0.25) is 0 Å². The maximum absolute atomic E-state index is 11.1. The number of carboxylic acid groups (broad SMARTS) is 1. The van der Waals surface area contributed by atoms with Crippen molar-refractivity contribution < 1.29 is 9.90 Å². The molecule has 0 spiro atoms. The molecule has 0 saturated heterocycles. The Morgan fingerprint density at radius 1 is 1.50 bits per heavy atom. The van der Waals surface area contributed by atoms with E-state index in [0.717, 1.165) is 27.8 Å². The van der Waals surface area contributed by atoms with E-state index in [1.807, 2.05) is 17.5 Å². The number of nitrogens with zero attached hydrogens (tertiary/aromatic N) is 1. The predicted molar refractivity (Wildman–Crippen MR) is 73.6 cm³/mol. The van der Waals surface area contributed by atoms with E-state index in [-0.39, 0.29) is 0 Å². The SMILES string of the molecule is CCCc1cc(C(=O)O)cc(Sc2cccs2)n1. The van der Waals surface area contributed by atoms with Gasteiger partial charge in [0, 0.05) is 5.69 Å². The highest BCUT2D eigenvalue weighted by Crippen LogP contribution is 2.30. The van der Waals surface area contributed by atoms with E-state index in [4.69, 9.17) is 5.11 Å². The van der Waals surface area contributed by atoms with Gasteiger partial charge in [-0.1, -0.05) is 31.2 Å². The quantitative estimate of drug-likeness (QED) is 0.900. The number of hydrogen-bond acceptors (Lipinski definition) is 4. The Labute approximate surface area is 114 Å². The lowest BCUT2D eigenvalue weighted by molar-refractivity contribution is 0.0696. The molecule has 0 atom stereocenters. The molecule has 0 aliphatic heterocycles. The Morgan fingerprint density at radius 3 is 2.94 bits per heavy atom. The van der Waals surface area contributed by atoms with Crippen LogP contribution in [0.25, 0.3) is 0 Å². The number of carbonyl (C=O) groups is 1. The van der Waals surface area contributed by atoms with Crippen molar-refractivity contribution in [3.63, 3.8) is 0 Å². The van der Waals surface area contributed by atoms with Crippen LogP contribution < -0.4 is 0 Å². The molecule has 1 N–H and O–H groups in total. The summed E-state index contributed by atoms with van der Waals surface area (Å²) in [6.45, 7) is 2.06. The maximum atomic E-state index is 11.1. The number of rotatable bonds is 5. The van der Waals surface area contributed by atoms with Gasteiger partial charge in [-0.05, 0) is 30.0 Å². The summed E-state index contributed by atoms with van der Waals surface area (Å²) >= 11 is 3.14.